The van der Waals surface area contributed by atoms with Gasteiger partial charge in [0.1, 0.15) is 5.75 Å². The summed E-state index contributed by atoms with van der Waals surface area (Å²) in [6.07, 6.45) is -2.99. The molecule has 1 aromatic rings. The van der Waals surface area contributed by atoms with Gasteiger partial charge in [0.15, 0.2) is 5.75 Å². The Labute approximate surface area is 83.6 Å². The van der Waals surface area contributed by atoms with Gasteiger partial charge in [-0.15, -0.1) is 0 Å². The summed E-state index contributed by atoms with van der Waals surface area (Å²) in [5, 5.41) is 16.6. The van der Waals surface area contributed by atoms with Crippen LogP contribution >= 0.6 is 0 Å². The molecular weight excluding hydrogens is 206 g/mol. The van der Waals surface area contributed by atoms with E-state index in [1.54, 1.807) is 0 Å². The summed E-state index contributed by atoms with van der Waals surface area (Å²) in [6, 6.07) is 3.57. The first kappa shape index (κ1) is 10.6. The predicted molar refractivity (Wildman–Crippen MR) is 48.2 cm³/mol. The Hall–Kier alpha value is -2.44. The molecule has 7 nitrogen and oxygen atoms in total. The highest BCUT2D eigenvalue weighted by atomic mass is 16.7. The first-order valence-corrected chi connectivity index (χ1v) is 3.70. The lowest BCUT2D eigenvalue weighted by Gasteiger charge is -2.05. The van der Waals surface area contributed by atoms with Crippen LogP contribution in [0.4, 0.5) is 15.3 Å². The molecule has 0 aliphatic carbocycles. The summed E-state index contributed by atoms with van der Waals surface area (Å²) in [5.74, 6) is -0.0991. The van der Waals surface area contributed by atoms with Crippen LogP contribution in [0, 0.1) is 0 Å². The third-order valence-corrected chi connectivity index (χ3v) is 1.38. The lowest BCUT2D eigenvalue weighted by atomic mass is 10.3. The van der Waals surface area contributed by atoms with Gasteiger partial charge in [-0.05, 0) is 12.1 Å². The Kier molecular flexibility index (Phi) is 2.97. The summed E-state index contributed by atoms with van der Waals surface area (Å²) < 4.78 is 8.58. The van der Waals surface area contributed by atoms with Gasteiger partial charge in [-0.2, -0.15) is 0 Å². The van der Waals surface area contributed by atoms with E-state index in [0.29, 0.717) is 0 Å². The van der Waals surface area contributed by atoms with E-state index >= 15 is 0 Å². The number of carboxylic acid groups (broad SMARTS) is 2. The smallest absolute Gasteiger partial charge is 0.449 e. The van der Waals surface area contributed by atoms with Crippen LogP contribution in [0.3, 0.4) is 0 Å². The maximum absolute atomic E-state index is 10.2. The van der Waals surface area contributed by atoms with Crippen LogP contribution < -0.4 is 15.2 Å². The van der Waals surface area contributed by atoms with Crippen LogP contribution in [0.15, 0.2) is 18.2 Å². The molecule has 0 unspecified atom stereocenters. The Morgan fingerprint density at radius 1 is 1.13 bits per heavy atom. The summed E-state index contributed by atoms with van der Waals surface area (Å²) in [4.78, 5) is 20.3. The third kappa shape index (κ3) is 3.07. The van der Waals surface area contributed by atoms with Crippen molar-refractivity contribution in [2.45, 2.75) is 0 Å². The Bertz CT molecular complexity index is 402. The Morgan fingerprint density at radius 3 is 2.20 bits per heavy atom. The van der Waals surface area contributed by atoms with Gasteiger partial charge in [0.25, 0.3) is 0 Å². The molecule has 80 valence electrons. The molecule has 0 saturated heterocycles. The van der Waals surface area contributed by atoms with Crippen molar-refractivity contribution < 1.29 is 29.3 Å². The normalized spacial score (nSPS) is 9.33. The van der Waals surface area contributed by atoms with Crippen LogP contribution in [-0.2, 0) is 0 Å². The zero-order chi connectivity index (χ0) is 11.4. The fourth-order valence-corrected chi connectivity index (χ4v) is 0.878. The van der Waals surface area contributed by atoms with Crippen LogP contribution in [0.25, 0.3) is 0 Å². The van der Waals surface area contributed by atoms with Gasteiger partial charge in [-0.1, -0.05) is 0 Å². The second kappa shape index (κ2) is 4.18. The molecule has 4 N–H and O–H groups in total. The highest BCUT2D eigenvalue weighted by Gasteiger charge is 2.08. The lowest BCUT2D eigenvalue weighted by Crippen LogP contribution is -2.06. The molecule has 0 saturated carbocycles. The molecular formula is C8H7NO6. The molecule has 0 amide bonds. The van der Waals surface area contributed by atoms with Crippen molar-refractivity contribution in [1.29, 1.82) is 0 Å². The van der Waals surface area contributed by atoms with Gasteiger partial charge in [-0.25, -0.2) is 9.59 Å². The fraction of sp³-hybridized carbons (Fsp3) is 0. The molecule has 15 heavy (non-hydrogen) atoms. The Morgan fingerprint density at radius 2 is 1.73 bits per heavy atom. The number of rotatable bonds is 2. The van der Waals surface area contributed by atoms with Crippen molar-refractivity contribution in [2.24, 2.45) is 0 Å². The molecule has 1 aromatic carbocycles. The molecule has 0 aliphatic heterocycles. The van der Waals surface area contributed by atoms with Crippen molar-refractivity contribution in [3.8, 4) is 11.5 Å². The number of benzene rings is 1. The van der Waals surface area contributed by atoms with Crippen molar-refractivity contribution >= 4 is 18.0 Å². The molecule has 0 aromatic heterocycles. The van der Waals surface area contributed by atoms with Gasteiger partial charge in [0.2, 0.25) is 0 Å². The van der Waals surface area contributed by atoms with E-state index < -0.39 is 12.3 Å². The number of nitrogen functional groups attached to an aromatic ring is 1. The first-order chi connectivity index (χ1) is 6.99. The van der Waals surface area contributed by atoms with Gasteiger partial charge >= 0.3 is 12.3 Å². The molecule has 0 radical (unpaired) electrons. The van der Waals surface area contributed by atoms with E-state index in [-0.39, 0.29) is 17.2 Å². The monoisotopic (exact) mass is 213 g/mol. The summed E-state index contributed by atoms with van der Waals surface area (Å²) in [6.45, 7) is 0. The van der Waals surface area contributed by atoms with E-state index in [1.165, 1.54) is 12.1 Å². The number of hydrogen-bond donors (Lipinski definition) is 3. The molecule has 0 fully saturated rings. The van der Waals surface area contributed by atoms with Crippen LogP contribution in [0.1, 0.15) is 0 Å². The highest BCUT2D eigenvalue weighted by Crippen LogP contribution is 2.26. The maximum atomic E-state index is 10.2. The van der Waals surface area contributed by atoms with Crippen LogP contribution in [0.2, 0.25) is 0 Å². The molecule has 0 aliphatic rings. The minimum Gasteiger partial charge on any atom is -0.449 e. The number of carbonyl (C=O) groups is 2. The summed E-state index contributed by atoms with van der Waals surface area (Å²) in [7, 11) is 0. The quantitative estimate of drug-likeness (QED) is 0.385. The van der Waals surface area contributed by atoms with E-state index in [1.807, 2.05) is 0 Å². The maximum Gasteiger partial charge on any atom is 0.511 e. The SMILES string of the molecule is Nc1cc(OC(=O)O)ccc1OC(=O)O. The third-order valence-electron chi connectivity index (χ3n) is 1.38. The van der Waals surface area contributed by atoms with E-state index in [2.05, 4.69) is 9.47 Å². The number of anilines is 1. The number of ether oxygens (including phenoxy) is 2. The zero-order valence-corrected chi connectivity index (χ0v) is 7.34. The van der Waals surface area contributed by atoms with E-state index in [9.17, 15) is 9.59 Å². The van der Waals surface area contributed by atoms with Crippen molar-refractivity contribution in [1.82, 2.24) is 0 Å². The van der Waals surface area contributed by atoms with E-state index in [0.717, 1.165) is 6.07 Å². The summed E-state index contributed by atoms with van der Waals surface area (Å²) in [5.41, 5.74) is 5.35. The van der Waals surface area contributed by atoms with E-state index in [4.69, 9.17) is 15.9 Å². The lowest BCUT2D eigenvalue weighted by molar-refractivity contribution is 0.142. The first-order valence-electron chi connectivity index (χ1n) is 3.70. The van der Waals surface area contributed by atoms with Crippen molar-refractivity contribution in [3.63, 3.8) is 0 Å². The van der Waals surface area contributed by atoms with Gasteiger partial charge in [0, 0.05) is 6.07 Å². The van der Waals surface area contributed by atoms with Crippen LogP contribution in [-0.4, -0.2) is 22.5 Å². The zero-order valence-electron chi connectivity index (χ0n) is 7.34. The second-order valence-corrected chi connectivity index (χ2v) is 2.44. The topological polar surface area (TPSA) is 119 Å². The number of nitrogens with two attached hydrogens (primary N) is 1. The number of hydrogen-bond acceptors (Lipinski definition) is 5. The average molecular weight is 213 g/mol. The van der Waals surface area contributed by atoms with Gasteiger partial charge in [-0.3, -0.25) is 0 Å². The molecule has 1 rings (SSSR count). The molecule has 0 heterocycles. The van der Waals surface area contributed by atoms with Crippen molar-refractivity contribution in [3.05, 3.63) is 18.2 Å². The second-order valence-electron chi connectivity index (χ2n) is 2.44. The highest BCUT2D eigenvalue weighted by molar-refractivity contribution is 5.68. The minimum atomic E-state index is -1.51. The Balaban J connectivity index is 2.87. The molecule has 0 atom stereocenters. The van der Waals surface area contributed by atoms with Gasteiger partial charge < -0.3 is 25.4 Å². The molecule has 7 heteroatoms. The van der Waals surface area contributed by atoms with Crippen LogP contribution in [0.5, 0.6) is 11.5 Å². The minimum absolute atomic E-state index is 0.0160. The molecule has 0 spiro atoms. The van der Waals surface area contributed by atoms with Gasteiger partial charge in [0.05, 0.1) is 5.69 Å². The fourth-order valence-electron chi connectivity index (χ4n) is 0.878. The largest absolute Gasteiger partial charge is 0.511 e. The molecule has 0 bridgehead atoms. The van der Waals surface area contributed by atoms with Crippen molar-refractivity contribution in [2.75, 3.05) is 5.73 Å². The summed E-state index contributed by atoms with van der Waals surface area (Å²) >= 11 is 0. The predicted octanol–water partition coefficient (Wildman–Crippen LogP) is 1.38. The standard InChI is InChI=1S/C8H7NO6/c9-5-3-4(14-7(10)11)1-2-6(5)15-8(12)13/h1-3H,9H2,(H,10,11)(H,12,13). The average Bonchev–Trinajstić information content (AvgIpc) is 2.08.